The van der Waals surface area contributed by atoms with Crippen LogP contribution >= 0.6 is 0 Å². The highest BCUT2D eigenvalue weighted by Gasteiger charge is 2.52. The molecular weight excluding hydrogens is 428 g/mol. The van der Waals surface area contributed by atoms with Crippen molar-refractivity contribution in [3.8, 4) is 6.07 Å². The number of fused-ring (bicyclic) bond motifs is 4. The zero-order chi connectivity index (χ0) is 23.8. The molecule has 4 rings (SSSR count). The highest BCUT2D eigenvalue weighted by Crippen LogP contribution is 2.56. The van der Waals surface area contributed by atoms with Crippen molar-refractivity contribution in [2.24, 2.45) is 59.2 Å². The second-order valence-electron chi connectivity index (χ2n) is 10.8. The fraction of sp³-hybridized carbons (Fsp3) is 0.875. The quantitative estimate of drug-likeness (QED) is 0.491. The summed E-state index contributed by atoms with van der Waals surface area (Å²) in [5, 5.41) is 8.39. The number of ether oxygens (including phenoxy) is 1. The van der Waals surface area contributed by atoms with Gasteiger partial charge in [-0.3, -0.25) is 14.3 Å². The normalized spacial score (nSPS) is 41.5. The predicted octanol–water partition coefficient (Wildman–Crippen LogP) is 3.36. The third-order valence-electron chi connectivity index (χ3n) is 9.18. The van der Waals surface area contributed by atoms with Gasteiger partial charge in [-0.1, -0.05) is 27.7 Å². The predicted molar refractivity (Wildman–Crippen MR) is 120 cm³/mol. The number of hydrogen-bond donors (Lipinski definition) is 1. The van der Waals surface area contributed by atoms with Crippen molar-refractivity contribution < 1.29 is 22.7 Å². The highest BCUT2D eigenvalue weighted by molar-refractivity contribution is 7.89. The summed E-state index contributed by atoms with van der Waals surface area (Å²) in [5.74, 6) is 4.48. The number of carbonyl (C=O) groups is 2. The van der Waals surface area contributed by atoms with Crippen LogP contribution in [0.15, 0.2) is 0 Å². The Hall–Kier alpha value is -1.62. The van der Waals surface area contributed by atoms with Gasteiger partial charge in [-0.15, -0.1) is 0 Å². The maximum atomic E-state index is 11.8. The van der Waals surface area contributed by atoms with E-state index >= 15 is 0 Å². The molecule has 0 aromatic rings. The standard InChI is InChI=1S/C13H19NO2.C11H19NO3S/c1-8-9(2)11-6-10(8)7-12(11)13(15)16-5-3-4-14;1-6-7(2)9-4-8(6)5-10(9)11(13)12-16(3,14)15/h8-12H,3,5-7H2,1-2H3;6-10H,4-5H2,1-3H3,(H,12,13). The number of hydrogen-bond acceptors (Lipinski definition) is 6. The monoisotopic (exact) mass is 466 g/mol. The third kappa shape index (κ3) is 5.13. The van der Waals surface area contributed by atoms with Crippen molar-refractivity contribution in [2.45, 2.75) is 59.8 Å². The summed E-state index contributed by atoms with van der Waals surface area (Å²) in [5.41, 5.74) is 0. The lowest BCUT2D eigenvalue weighted by atomic mass is 9.75. The molecule has 4 saturated carbocycles. The molecule has 0 heterocycles. The Morgan fingerprint density at radius 2 is 1.41 bits per heavy atom. The molecule has 180 valence electrons. The van der Waals surface area contributed by atoms with Gasteiger partial charge in [0.2, 0.25) is 15.9 Å². The summed E-state index contributed by atoms with van der Waals surface area (Å²) in [6.07, 6.45) is 5.48. The van der Waals surface area contributed by atoms with Crippen LogP contribution in [0.1, 0.15) is 59.8 Å². The van der Waals surface area contributed by atoms with Gasteiger partial charge in [-0.25, -0.2) is 8.42 Å². The Morgan fingerprint density at radius 1 is 0.906 bits per heavy atom. The van der Waals surface area contributed by atoms with Crippen LogP contribution in [0.25, 0.3) is 0 Å². The lowest BCUT2D eigenvalue weighted by molar-refractivity contribution is -0.151. The smallest absolute Gasteiger partial charge is 0.309 e. The Labute approximate surface area is 192 Å². The van der Waals surface area contributed by atoms with Crippen molar-refractivity contribution in [1.82, 2.24) is 4.72 Å². The van der Waals surface area contributed by atoms with Gasteiger partial charge in [0.05, 0.1) is 24.7 Å². The molecule has 32 heavy (non-hydrogen) atoms. The molecule has 10 unspecified atom stereocenters. The molecule has 10 atom stereocenters. The van der Waals surface area contributed by atoms with Gasteiger partial charge < -0.3 is 4.74 Å². The van der Waals surface area contributed by atoms with E-state index in [4.69, 9.17) is 10.00 Å². The van der Waals surface area contributed by atoms with Crippen molar-refractivity contribution >= 4 is 21.9 Å². The first-order valence-electron chi connectivity index (χ1n) is 12.0. The van der Waals surface area contributed by atoms with Gasteiger partial charge in [-0.05, 0) is 73.0 Å². The van der Waals surface area contributed by atoms with Crippen LogP contribution in [-0.4, -0.2) is 33.2 Å². The van der Waals surface area contributed by atoms with Crippen LogP contribution in [0.2, 0.25) is 0 Å². The number of nitrogens with zero attached hydrogens (tertiary/aromatic N) is 1. The molecule has 0 aliphatic heterocycles. The second-order valence-corrected chi connectivity index (χ2v) is 12.5. The van der Waals surface area contributed by atoms with E-state index in [0.717, 1.165) is 31.4 Å². The number of nitrogens with one attached hydrogen (secondary N) is 1. The van der Waals surface area contributed by atoms with Crippen LogP contribution in [-0.2, 0) is 24.3 Å². The summed E-state index contributed by atoms with van der Waals surface area (Å²) < 4.78 is 29.3. The SMILES string of the molecule is CC1C2CC(C(=O)NS(C)(=O)=O)C(C2)C1C.CC1C2CC(C(=O)OCCC#N)C(C2)C1C. The van der Waals surface area contributed by atoms with Crippen molar-refractivity contribution in [2.75, 3.05) is 12.9 Å². The van der Waals surface area contributed by atoms with Crippen LogP contribution in [0.5, 0.6) is 0 Å². The van der Waals surface area contributed by atoms with E-state index in [1.54, 1.807) is 0 Å². The minimum Gasteiger partial charge on any atom is -0.464 e. The Kier molecular flexibility index (Phi) is 7.59. The largest absolute Gasteiger partial charge is 0.464 e. The molecule has 0 aromatic carbocycles. The number of carbonyl (C=O) groups excluding carboxylic acids is 2. The van der Waals surface area contributed by atoms with E-state index in [1.165, 1.54) is 6.42 Å². The molecule has 4 fully saturated rings. The molecule has 0 aromatic heterocycles. The van der Waals surface area contributed by atoms with Crippen LogP contribution in [0.4, 0.5) is 0 Å². The number of esters is 1. The zero-order valence-corrected chi connectivity index (χ0v) is 20.7. The summed E-state index contributed by atoms with van der Waals surface area (Å²) in [7, 11) is -3.41. The summed E-state index contributed by atoms with van der Waals surface area (Å²) in [6.45, 7) is 9.22. The van der Waals surface area contributed by atoms with E-state index in [-0.39, 0.29) is 30.3 Å². The van der Waals surface area contributed by atoms with E-state index in [1.807, 2.05) is 6.07 Å². The van der Waals surface area contributed by atoms with Crippen LogP contribution in [0.3, 0.4) is 0 Å². The van der Waals surface area contributed by atoms with Gasteiger partial charge >= 0.3 is 5.97 Å². The third-order valence-corrected chi connectivity index (χ3v) is 9.75. The van der Waals surface area contributed by atoms with E-state index < -0.39 is 10.0 Å². The van der Waals surface area contributed by atoms with Gasteiger partial charge in [0.1, 0.15) is 6.61 Å². The molecule has 0 saturated heterocycles. The topological polar surface area (TPSA) is 113 Å². The molecule has 1 N–H and O–H groups in total. The molecule has 4 aliphatic carbocycles. The maximum absolute atomic E-state index is 11.8. The summed E-state index contributed by atoms with van der Waals surface area (Å²) in [4.78, 5) is 23.6. The molecule has 0 spiro atoms. The first-order chi connectivity index (χ1) is 14.9. The van der Waals surface area contributed by atoms with E-state index in [2.05, 4.69) is 32.4 Å². The van der Waals surface area contributed by atoms with Crippen LogP contribution in [0, 0.1) is 70.5 Å². The summed E-state index contributed by atoms with van der Waals surface area (Å²) in [6, 6.07) is 1.99. The number of sulfonamides is 1. The average molecular weight is 467 g/mol. The maximum Gasteiger partial charge on any atom is 0.309 e. The second kappa shape index (κ2) is 9.70. The Bertz CT molecular complexity index is 862. The van der Waals surface area contributed by atoms with Crippen molar-refractivity contribution in [3.05, 3.63) is 0 Å². The first-order valence-corrected chi connectivity index (χ1v) is 13.9. The number of rotatable bonds is 5. The van der Waals surface area contributed by atoms with Gasteiger partial charge in [-0.2, -0.15) is 5.26 Å². The lowest BCUT2D eigenvalue weighted by Crippen LogP contribution is -2.39. The van der Waals surface area contributed by atoms with E-state index in [9.17, 15) is 18.0 Å². The molecular formula is C24H38N2O5S. The summed E-state index contributed by atoms with van der Waals surface area (Å²) >= 11 is 0. The van der Waals surface area contributed by atoms with Crippen LogP contribution < -0.4 is 4.72 Å². The van der Waals surface area contributed by atoms with Gasteiger partial charge in [0, 0.05) is 5.92 Å². The fourth-order valence-electron chi connectivity index (χ4n) is 7.02. The van der Waals surface area contributed by atoms with Gasteiger partial charge in [0.15, 0.2) is 0 Å². The van der Waals surface area contributed by atoms with E-state index in [0.29, 0.717) is 47.8 Å². The Morgan fingerprint density at radius 3 is 1.84 bits per heavy atom. The molecule has 7 nitrogen and oxygen atoms in total. The zero-order valence-electron chi connectivity index (χ0n) is 19.9. The lowest BCUT2D eigenvalue weighted by Gasteiger charge is -2.30. The molecule has 0 radical (unpaired) electrons. The minimum absolute atomic E-state index is 0.0681. The van der Waals surface area contributed by atoms with Crippen molar-refractivity contribution in [3.63, 3.8) is 0 Å². The fourth-order valence-corrected chi connectivity index (χ4v) is 7.53. The first kappa shape index (κ1) is 25.0. The highest BCUT2D eigenvalue weighted by atomic mass is 32.2. The van der Waals surface area contributed by atoms with Crippen molar-refractivity contribution in [1.29, 1.82) is 5.26 Å². The molecule has 1 amide bonds. The van der Waals surface area contributed by atoms with Gasteiger partial charge in [0.25, 0.3) is 0 Å². The Balaban J connectivity index is 0.000000181. The minimum atomic E-state index is -3.41. The molecule has 4 bridgehead atoms. The molecule has 8 heteroatoms. The number of amides is 1. The number of nitriles is 1. The average Bonchev–Trinajstić information content (AvgIpc) is 3.45. The molecule has 4 aliphatic rings.